The van der Waals surface area contributed by atoms with Gasteiger partial charge >= 0.3 is 5.97 Å². The van der Waals surface area contributed by atoms with Crippen LogP contribution in [0.4, 0.5) is 0 Å². The molecule has 0 bridgehead atoms. The Bertz CT molecular complexity index is 1070. The SMILES string of the molecule is CCCCN(C(=O)COC(=O)c1c(-n2cccc2)sc2c1CCCC2)C1CCS(=O)(=O)C1. The van der Waals surface area contributed by atoms with Crippen molar-refractivity contribution in [2.45, 2.75) is 57.9 Å². The lowest BCUT2D eigenvalue weighted by molar-refractivity contribution is -0.136. The van der Waals surface area contributed by atoms with Gasteiger partial charge in [-0.2, -0.15) is 0 Å². The maximum atomic E-state index is 13.2. The van der Waals surface area contributed by atoms with Crippen LogP contribution in [0, 0.1) is 0 Å². The number of nitrogens with zero attached hydrogens (tertiary/aromatic N) is 2. The summed E-state index contributed by atoms with van der Waals surface area (Å²) in [5, 5.41) is 0.837. The second kappa shape index (κ2) is 9.79. The van der Waals surface area contributed by atoms with Crippen LogP contribution in [0.3, 0.4) is 0 Å². The monoisotopic (exact) mass is 478 g/mol. The molecule has 7 nitrogen and oxygen atoms in total. The van der Waals surface area contributed by atoms with Crippen LogP contribution in [0.2, 0.25) is 0 Å². The normalized spacial score (nSPS) is 19.5. The number of rotatable bonds is 8. The molecule has 32 heavy (non-hydrogen) atoms. The topological polar surface area (TPSA) is 85.7 Å². The molecule has 1 saturated heterocycles. The largest absolute Gasteiger partial charge is 0.452 e. The summed E-state index contributed by atoms with van der Waals surface area (Å²) in [6.07, 6.45) is 9.89. The van der Waals surface area contributed by atoms with E-state index in [2.05, 4.69) is 0 Å². The van der Waals surface area contributed by atoms with E-state index in [1.165, 1.54) is 4.88 Å². The van der Waals surface area contributed by atoms with E-state index >= 15 is 0 Å². The summed E-state index contributed by atoms with van der Waals surface area (Å²) >= 11 is 1.62. The fourth-order valence-corrected chi connectivity index (χ4v) is 7.63. The fraction of sp³-hybridized carbons (Fsp3) is 0.565. The second-order valence-corrected chi connectivity index (χ2v) is 11.9. The Morgan fingerprint density at radius 1 is 1.22 bits per heavy atom. The number of hydrogen-bond donors (Lipinski definition) is 0. The van der Waals surface area contributed by atoms with Crippen LogP contribution < -0.4 is 0 Å². The first kappa shape index (κ1) is 23.0. The van der Waals surface area contributed by atoms with Crippen molar-refractivity contribution in [3.8, 4) is 5.00 Å². The van der Waals surface area contributed by atoms with Crippen molar-refractivity contribution in [1.82, 2.24) is 9.47 Å². The van der Waals surface area contributed by atoms with Crippen molar-refractivity contribution in [1.29, 1.82) is 0 Å². The molecule has 1 amide bonds. The molecule has 2 aromatic heterocycles. The molecule has 1 aliphatic carbocycles. The van der Waals surface area contributed by atoms with Crippen molar-refractivity contribution < 1.29 is 22.7 Å². The zero-order valence-electron chi connectivity index (χ0n) is 18.4. The number of carbonyl (C=O) groups is 2. The summed E-state index contributed by atoms with van der Waals surface area (Å²) in [5.74, 6) is -0.697. The van der Waals surface area contributed by atoms with Gasteiger partial charge in [0.05, 0.1) is 17.1 Å². The molecular weight excluding hydrogens is 448 g/mol. The number of carbonyl (C=O) groups excluding carboxylic acids is 2. The number of thiophene rings is 1. The van der Waals surface area contributed by atoms with Crippen molar-refractivity contribution in [2.24, 2.45) is 0 Å². The third kappa shape index (κ3) is 4.93. The standard InChI is InChI=1S/C23H30N2O5S2/c1-2-3-13-25(17-10-14-32(28,29)16-17)20(26)15-30-23(27)21-18-8-4-5-9-19(18)31-22(21)24-11-6-7-12-24/h6-7,11-12,17H,2-5,8-10,13-16H2,1H3. The molecular formula is C23H30N2O5S2. The summed E-state index contributed by atoms with van der Waals surface area (Å²) in [6, 6.07) is 3.50. The molecule has 174 valence electrons. The van der Waals surface area contributed by atoms with E-state index in [-0.39, 0.29) is 30.1 Å². The van der Waals surface area contributed by atoms with Crippen LogP contribution in [-0.2, 0) is 32.2 Å². The fourth-order valence-electron chi connectivity index (χ4n) is 4.56. The lowest BCUT2D eigenvalue weighted by Crippen LogP contribution is -2.44. The highest BCUT2D eigenvalue weighted by Crippen LogP contribution is 2.37. The number of ether oxygens (including phenoxy) is 1. The first-order valence-electron chi connectivity index (χ1n) is 11.3. The average Bonchev–Trinajstić information content (AvgIpc) is 3.50. The van der Waals surface area contributed by atoms with E-state index in [0.717, 1.165) is 49.1 Å². The van der Waals surface area contributed by atoms with Crippen molar-refractivity contribution in [2.75, 3.05) is 24.7 Å². The van der Waals surface area contributed by atoms with Gasteiger partial charge < -0.3 is 14.2 Å². The first-order valence-corrected chi connectivity index (χ1v) is 14.0. The Balaban J connectivity index is 1.50. The average molecular weight is 479 g/mol. The number of amides is 1. The maximum absolute atomic E-state index is 13.2. The van der Waals surface area contributed by atoms with E-state index in [0.29, 0.717) is 18.5 Å². The number of fused-ring (bicyclic) bond motifs is 1. The van der Waals surface area contributed by atoms with Crippen LogP contribution in [0.25, 0.3) is 5.00 Å². The molecule has 0 saturated carbocycles. The quantitative estimate of drug-likeness (QED) is 0.543. The zero-order chi connectivity index (χ0) is 22.7. The predicted octanol–water partition coefficient (Wildman–Crippen LogP) is 3.39. The van der Waals surface area contributed by atoms with Gasteiger partial charge in [0.1, 0.15) is 5.00 Å². The number of esters is 1. The van der Waals surface area contributed by atoms with Gasteiger partial charge in [-0.25, -0.2) is 13.2 Å². The molecule has 3 heterocycles. The number of hydrogen-bond acceptors (Lipinski definition) is 6. The molecule has 2 aliphatic rings. The molecule has 1 aliphatic heterocycles. The van der Waals surface area contributed by atoms with Crippen LogP contribution in [0.1, 0.15) is 59.8 Å². The highest BCUT2D eigenvalue weighted by Gasteiger charge is 2.35. The first-order chi connectivity index (χ1) is 15.4. The summed E-state index contributed by atoms with van der Waals surface area (Å²) in [7, 11) is -3.11. The molecule has 0 N–H and O–H groups in total. The molecule has 0 spiro atoms. The number of aryl methyl sites for hydroxylation is 1. The van der Waals surface area contributed by atoms with Gasteiger partial charge in [-0.05, 0) is 56.2 Å². The molecule has 1 unspecified atom stereocenters. The summed E-state index contributed by atoms with van der Waals surface area (Å²) in [4.78, 5) is 29.0. The van der Waals surface area contributed by atoms with Crippen molar-refractivity contribution in [3.63, 3.8) is 0 Å². The summed E-state index contributed by atoms with van der Waals surface area (Å²) in [5.41, 5.74) is 1.62. The second-order valence-electron chi connectivity index (χ2n) is 8.56. The number of sulfone groups is 1. The third-order valence-corrected chi connectivity index (χ3v) is 9.30. The predicted molar refractivity (Wildman–Crippen MR) is 124 cm³/mol. The van der Waals surface area contributed by atoms with Crippen molar-refractivity contribution in [3.05, 3.63) is 40.5 Å². The lowest BCUT2D eigenvalue weighted by Gasteiger charge is -2.28. The number of unbranched alkanes of at least 4 members (excludes halogenated alkanes) is 1. The molecule has 0 aromatic carbocycles. The van der Waals surface area contributed by atoms with E-state index < -0.39 is 15.8 Å². The highest BCUT2D eigenvalue weighted by atomic mass is 32.2. The van der Waals surface area contributed by atoms with E-state index in [9.17, 15) is 18.0 Å². The minimum Gasteiger partial charge on any atom is -0.452 e. The van der Waals surface area contributed by atoms with Crippen LogP contribution in [0.5, 0.6) is 0 Å². The van der Waals surface area contributed by atoms with Crippen LogP contribution >= 0.6 is 11.3 Å². The third-order valence-electron chi connectivity index (χ3n) is 6.24. The van der Waals surface area contributed by atoms with Gasteiger partial charge in [0.15, 0.2) is 16.4 Å². The Labute approximate surface area is 193 Å². The number of aromatic nitrogens is 1. The van der Waals surface area contributed by atoms with E-state index in [4.69, 9.17) is 4.74 Å². The minimum absolute atomic E-state index is 0.00772. The van der Waals surface area contributed by atoms with Gasteiger partial charge in [0, 0.05) is 29.9 Å². The molecule has 0 radical (unpaired) electrons. The van der Waals surface area contributed by atoms with E-state index in [1.54, 1.807) is 16.2 Å². The van der Waals surface area contributed by atoms with Gasteiger partial charge in [-0.15, -0.1) is 11.3 Å². The smallest absolute Gasteiger partial charge is 0.341 e. The van der Waals surface area contributed by atoms with Crippen molar-refractivity contribution >= 4 is 33.1 Å². The van der Waals surface area contributed by atoms with Crippen LogP contribution in [0.15, 0.2) is 24.5 Å². The van der Waals surface area contributed by atoms with Gasteiger partial charge in [0.25, 0.3) is 5.91 Å². The lowest BCUT2D eigenvalue weighted by atomic mass is 9.95. The molecule has 9 heteroatoms. The minimum atomic E-state index is -3.11. The van der Waals surface area contributed by atoms with Gasteiger partial charge in [0.2, 0.25) is 0 Å². The Morgan fingerprint density at radius 3 is 2.66 bits per heavy atom. The maximum Gasteiger partial charge on any atom is 0.341 e. The van der Waals surface area contributed by atoms with Crippen LogP contribution in [-0.4, -0.2) is 60.5 Å². The zero-order valence-corrected chi connectivity index (χ0v) is 20.1. The molecule has 2 aromatic rings. The highest BCUT2D eigenvalue weighted by molar-refractivity contribution is 7.91. The Hall–Kier alpha value is -2.13. The summed E-state index contributed by atoms with van der Waals surface area (Å²) < 4.78 is 31.3. The molecule has 4 rings (SSSR count). The Kier molecular flexibility index (Phi) is 7.05. The van der Waals surface area contributed by atoms with Gasteiger partial charge in [-0.1, -0.05) is 13.3 Å². The molecule has 1 atom stereocenters. The van der Waals surface area contributed by atoms with Gasteiger partial charge in [-0.3, -0.25) is 4.79 Å². The molecule has 1 fully saturated rings. The Morgan fingerprint density at radius 2 is 1.97 bits per heavy atom. The summed E-state index contributed by atoms with van der Waals surface area (Å²) in [6.45, 7) is 2.14. The van der Waals surface area contributed by atoms with E-state index in [1.807, 2.05) is 36.0 Å².